The molecule has 0 saturated heterocycles. The van der Waals surface area contributed by atoms with Gasteiger partial charge in [-0.25, -0.2) is 14.4 Å². The smallest absolute Gasteiger partial charge is 0.151 e. The third-order valence-electron chi connectivity index (χ3n) is 4.98. The van der Waals surface area contributed by atoms with Crippen molar-refractivity contribution in [2.24, 2.45) is 0 Å². The highest BCUT2D eigenvalue weighted by Crippen LogP contribution is 2.40. The number of pyridine rings is 1. The average molecular weight is 322 g/mol. The zero-order valence-corrected chi connectivity index (χ0v) is 13.4. The van der Waals surface area contributed by atoms with E-state index in [4.69, 9.17) is 0 Å². The molecule has 1 aliphatic rings. The number of aromatic nitrogens is 3. The molecule has 1 fully saturated rings. The largest absolute Gasteiger partial charge is 0.368 e. The van der Waals surface area contributed by atoms with E-state index in [9.17, 15) is 4.39 Å². The number of halogens is 1. The van der Waals surface area contributed by atoms with E-state index in [1.165, 1.54) is 24.5 Å². The molecular weight excluding hydrogens is 303 g/mol. The molecule has 1 aromatic carbocycles. The fourth-order valence-electron chi connectivity index (χ4n) is 3.68. The van der Waals surface area contributed by atoms with Crippen LogP contribution in [0, 0.1) is 5.82 Å². The van der Waals surface area contributed by atoms with Crippen LogP contribution in [-0.4, -0.2) is 21.5 Å². The van der Waals surface area contributed by atoms with E-state index in [1.54, 1.807) is 18.3 Å². The third-order valence-corrected chi connectivity index (χ3v) is 4.98. The van der Waals surface area contributed by atoms with Crippen LogP contribution in [0.4, 0.5) is 10.2 Å². The summed E-state index contributed by atoms with van der Waals surface area (Å²) in [7, 11) is 0. The minimum Gasteiger partial charge on any atom is -0.368 e. The van der Waals surface area contributed by atoms with Crippen LogP contribution in [0.25, 0.3) is 11.0 Å². The van der Waals surface area contributed by atoms with Gasteiger partial charge in [0.2, 0.25) is 0 Å². The zero-order valence-electron chi connectivity index (χ0n) is 13.4. The minimum absolute atomic E-state index is 0.113. The lowest BCUT2D eigenvalue weighted by Crippen LogP contribution is -2.31. The highest BCUT2D eigenvalue weighted by atomic mass is 19.1. The van der Waals surface area contributed by atoms with Crippen molar-refractivity contribution in [3.8, 4) is 0 Å². The Bertz CT molecular complexity index is 844. The molecule has 4 rings (SSSR count). The van der Waals surface area contributed by atoms with Crippen molar-refractivity contribution in [2.45, 2.75) is 31.1 Å². The molecule has 0 amide bonds. The van der Waals surface area contributed by atoms with Gasteiger partial charge < -0.3 is 5.32 Å². The van der Waals surface area contributed by atoms with Crippen molar-refractivity contribution in [1.29, 1.82) is 0 Å². The maximum atomic E-state index is 13.7. The Hall–Kier alpha value is -2.56. The zero-order chi connectivity index (χ0) is 16.4. The van der Waals surface area contributed by atoms with E-state index in [0.29, 0.717) is 16.9 Å². The van der Waals surface area contributed by atoms with Gasteiger partial charge in [-0.1, -0.05) is 18.9 Å². The van der Waals surface area contributed by atoms with Crippen LogP contribution >= 0.6 is 0 Å². The molecular formula is C19H19FN4. The summed E-state index contributed by atoms with van der Waals surface area (Å²) in [4.78, 5) is 12.8. The van der Waals surface area contributed by atoms with Gasteiger partial charge in [-0.05, 0) is 42.7 Å². The molecule has 3 aromatic rings. The lowest BCUT2D eigenvalue weighted by atomic mass is 9.79. The number of fused-ring (bicyclic) bond motifs is 1. The Kier molecular flexibility index (Phi) is 3.84. The van der Waals surface area contributed by atoms with Gasteiger partial charge in [-0.3, -0.25) is 4.98 Å². The monoisotopic (exact) mass is 322 g/mol. The van der Waals surface area contributed by atoms with Gasteiger partial charge in [0, 0.05) is 24.4 Å². The average Bonchev–Trinajstić information content (AvgIpc) is 3.11. The van der Waals surface area contributed by atoms with Crippen molar-refractivity contribution < 1.29 is 4.39 Å². The molecule has 1 saturated carbocycles. The fraction of sp³-hybridized carbons (Fsp3) is 0.316. The van der Waals surface area contributed by atoms with Gasteiger partial charge >= 0.3 is 0 Å². The standard InChI is InChI=1S/C19H19FN4/c20-15-4-3-5-16-18(15)22-12-17(24-16)23-13-19(8-1-2-9-19)14-6-10-21-11-7-14/h3-7,10-12H,1-2,8-9,13H2,(H,23,24). The van der Waals surface area contributed by atoms with Gasteiger partial charge in [0.05, 0.1) is 11.7 Å². The summed E-state index contributed by atoms with van der Waals surface area (Å²) in [5.74, 6) is 0.351. The normalized spacial score (nSPS) is 16.4. The van der Waals surface area contributed by atoms with Crippen molar-refractivity contribution in [3.05, 3.63) is 60.3 Å². The molecule has 1 N–H and O–H groups in total. The van der Waals surface area contributed by atoms with Crippen LogP contribution in [0.5, 0.6) is 0 Å². The summed E-state index contributed by atoms with van der Waals surface area (Å²) in [6, 6.07) is 9.06. The molecule has 0 atom stereocenters. The van der Waals surface area contributed by atoms with Crippen LogP contribution in [0.15, 0.2) is 48.9 Å². The summed E-state index contributed by atoms with van der Waals surface area (Å²) >= 11 is 0. The minimum atomic E-state index is -0.337. The van der Waals surface area contributed by atoms with Crippen LogP contribution < -0.4 is 5.32 Å². The molecule has 1 aliphatic carbocycles. The molecule has 5 heteroatoms. The molecule has 0 unspecified atom stereocenters. The SMILES string of the molecule is Fc1cccc2nc(NCC3(c4ccncc4)CCCC3)cnc12. The molecule has 0 radical (unpaired) electrons. The second-order valence-electron chi connectivity index (χ2n) is 6.44. The Labute approximate surface area is 140 Å². The first-order chi connectivity index (χ1) is 11.8. The summed E-state index contributed by atoms with van der Waals surface area (Å²) < 4.78 is 13.7. The molecule has 122 valence electrons. The van der Waals surface area contributed by atoms with Gasteiger partial charge in [0.1, 0.15) is 11.3 Å². The Morgan fingerprint density at radius 3 is 2.67 bits per heavy atom. The number of anilines is 1. The molecule has 4 nitrogen and oxygen atoms in total. The number of para-hydroxylation sites is 1. The molecule has 24 heavy (non-hydrogen) atoms. The maximum Gasteiger partial charge on any atom is 0.151 e. The number of hydrogen-bond acceptors (Lipinski definition) is 4. The van der Waals surface area contributed by atoms with Crippen LogP contribution in [-0.2, 0) is 5.41 Å². The molecule has 2 aromatic heterocycles. The van der Waals surface area contributed by atoms with E-state index in [2.05, 4.69) is 32.4 Å². The number of hydrogen-bond donors (Lipinski definition) is 1. The molecule has 0 aliphatic heterocycles. The van der Waals surface area contributed by atoms with E-state index in [1.807, 2.05) is 12.4 Å². The summed E-state index contributed by atoms with van der Waals surface area (Å²) in [5.41, 5.74) is 2.32. The van der Waals surface area contributed by atoms with Crippen molar-refractivity contribution >= 4 is 16.9 Å². The quantitative estimate of drug-likeness (QED) is 0.786. The topological polar surface area (TPSA) is 50.7 Å². The lowest BCUT2D eigenvalue weighted by Gasteiger charge is -2.30. The highest BCUT2D eigenvalue weighted by Gasteiger charge is 2.35. The highest BCUT2D eigenvalue weighted by molar-refractivity contribution is 5.75. The second kappa shape index (κ2) is 6.15. The predicted octanol–water partition coefficient (Wildman–Crippen LogP) is 4.09. The van der Waals surface area contributed by atoms with Gasteiger partial charge in [-0.15, -0.1) is 0 Å². The molecule has 0 spiro atoms. The summed E-state index contributed by atoms with van der Waals surface area (Å²) in [5, 5.41) is 3.42. The van der Waals surface area contributed by atoms with Crippen LogP contribution in [0.3, 0.4) is 0 Å². The third kappa shape index (κ3) is 2.70. The summed E-state index contributed by atoms with van der Waals surface area (Å²) in [6.07, 6.45) is 10.1. The van der Waals surface area contributed by atoms with Crippen LogP contribution in [0.1, 0.15) is 31.2 Å². The number of nitrogens with zero attached hydrogens (tertiary/aromatic N) is 3. The van der Waals surface area contributed by atoms with E-state index >= 15 is 0 Å². The van der Waals surface area contributed by atoms with E-state index in [-0.39, 0.29) is 11.2 Å². The first-order valence-corrected chi connectivity index (χ1v) is 8.33. The number of rotatable bonds is 4. The van der Waals surface area contributed by atoms with Crippen LogP contribution in [0.2, 0.25) is 0 Å². The number of nitrogens with one attached hydrogen (secondary N) is 1. The second-order valence-corrected chi connectivity index (χ2v) is 6.44. The molecule has 0 bridgehead atoms. The Morgan fingerprint density at radius 1 is 1.08 bits per heavy atom. The van der Waals surface area contributed by atoms with Gasteiger partial charge in [0.25, 0.3) is 0 Å². The predicted molar refractivity (Wildman–Crippen MR) is 92.4 cm³/mol. The van der Waals surface area contributed by atoms with E-state index < -0.39 is 0 Å². The van der Waals surface area contributed by atoms with Crippen molar-refractivity contribution in [1.82, 2.24) is 15.0 Å². The van der Waals surface area contributed by atoms with Crippen molar-refractivity contribution in [2.75, 3.05) is 11.9 Å². The fourth-order valence-corrected chi connectivity index (χ4v) is 3.68. The van der Waals surface area contributed by atoms with Gasteiger partial charge in [-0.2, -0.15) is 0 Å². The first kappa shape index (κ1) is 15.0. The number of benzene rings is 1. The maximum absolute atomic E-state index is 13.7. The molecule has 2 heterocycles. The van der Waals surface area contributed by atoms with Crippen molar-refractivity contribution in [3.63, 3.8) is 0 Å². The summed E-state index contributed by atoms with van der Waals surface area (Å²) in [6.45, 7) is 0.798. The first-order valence-electron chi connectivity index (χ1n) is 8.33. The van der Waals surface area contributed by atoms with Gasteiger partial charge in [0.15, 0.2) is 5.82 Å². The Morgan fingerprint density at radius 2 is 1.88 bits per heavy atom. The Balaban J connectivity index is 1.59. The van der Waals surface area contributed by atoms with E-state index in [0.717, 1.165) is 19.4 Å². The lowest BCUT2D eigenvalue weighted by molar-refractivity contribution is 0.466.